The minimum absolute atomic E-state index is 0.107. The molecule has 0 saturated carbocycles. The molecule has 1 aromatic carbocycles. The first kappa shape index (κ1) is 18.9. The highest BCUT2D eigenvalue weighted by Gasteiger charge is 2.25. The van der Waals surface area contributed by atoms with Crippen molar-refractivity contribution in [2.24, 2.45) is 5.92 Å². The Morgan fingerprint density at radius 1 is 1.29 bits per heavy atom. The van der Waals surface area contributed by atoms with E-state index in [1.807, 2.05) is 6.92 Å². The number of benzene rings is 1. The fraction of sp³-hybridized carbons (Fsp3) is 0.588. The summed E-state index contributed by atoms with van der Waals surface area (Å²) in [6.07, 6.45) is 2.21. The molecular formula is C17H27N3O3S. The van der Waals surface area contributed by atoms with E-state index in [-0.39, 0.29) is 16.8 Å². The van der Waals surface area contributed by atoms with E-state index in [2.05, 4.69) is 17.1 Å². The topological polar surface area (TPSA) is 69.7 Å². The zero-order valence-corrected chi connectivity index (χ0v) is 15.6. The van der Waals surface area contributed by atoms with Crippen molar-refractivity contribution in [1.82, 2.24) is 9.21 Å². The van der Waals surface area contributed by atoms with Gasteiger partial charge in [-0.3, -0.25) is 9.69 Å². The van der Waals surface area contributed by atoms with Crippen molar-refractivity contribution < 1.29 is 13.2 Å². The van der Waals surface area contributed by atoms with Gasteiger partial charge in [-0.05, 0) is 57.0 Å². The van der Waals surface area contributed by atoms with Gasteiger partial charge < -0.3 is 5.32 Å². The molecule has 0 aromatic heterocycles. The summed E-state index contributed by atoms with van der Waals surface area (Å²) >= 11 is 0. The van der Waals surface area contributed by atoms with Gasteiger partial charge in [-0.1, -0.05) is 13.0 Å². The van der Waals surface area contributed by atoms with Crippen LogP contribution in [0.2, 0.25) is 0 Å². The van der Waals surface area contributed by atoms with Crippen molar-refractivity contribution in [2.75, 3.05) is 32.5 Å². The molecule has 1 atom stereocenters. The van der Waals surface area contributed by atoms with E-state index < -0.39 is 10.0 Å². The van der Waals surface area contributed by atoms with Crippen LogP contribution in [0.5, 0.6) is 0 Å². The van der Waals surface area contributed by atoms with Crippen LogP contribution in [0.4, 0.5) is 5.69 Å². The van der Waals surface area contributed by atoms with Crippen LogP contribution in [0.25, 0.3) is 0 Å². The van der Waals surface area contributed by atoms with Crippen LogP contribution in [-0.4, -0.2) is 56.8 Å². The maximum Gasteiger partial charge on any atom is 0.242 e. The van der Waals surface area contributed by atoms with E-state index >= 15 is 0 Å². The summed E-state index contributed by atoms with van der Waals surface area (Å²) in [4.78, 5) is 14.8. The number of rotatable bonds is 5. The van der Waals surface area contributed by atoms with Crippen LogP contribution >= 0.6 is 0 Å². The Hall–Kier alpha value is -1.44. The van der Waals surface area contributed by atoms with Crippen LogP contribution in [0.1, 0.15) is 26.7 Å². The zero-order valence-electron chi connectivity index (χ0n) is 14.8. The highest BCUT2D eigenvalue weighted by molar-refractivity contribution is 7.89. The number of amides is 1. The summed E-state index contributed by atoms with van der Waals surface area (Å²) in [5.41, 5.74) is 0.500. The molecule has 0 spiro atoms. The van der Waals surface area contributed by atoms with Gasteiger partial charge in [0.1, 0.15) is 0 Å². The number of hydrogen-bond acceptors (Lipinski definition) is 4. The van der Waals surface area contributed by atoms with Gasteiger partial charge in [0.2, 0.25) is 15.9 Å². The Balaban J connectivity index is 2.07. The van der Waals surface area contributed by atoms with E-state index in [4.69, 9.17) is 0 Å². The van der Waals surface area contributed by atoms with E-state index in [0.29, 0.717) is 11.6 Å². The fourth-order valence-electron chi connectivity index (χ4n) is 2.77. The molecule has 0 aliphatic carbocycles. The van der Waals surface area contributed by atoms with Crippen molar-refractivity contribution in [1.29, 1.82) is 0 Å². The largest absolute Gasteiger partial charge is 0.325 e. The van der Waals surface area contributed by atoms with E-state index in [1.165, 1.54) is 26.2 Å². The number of likely N-dealkylation sites (tertiary alicyclic amines) is 1. The van der Waals surface area contributed by atoms with Gasteiger partial charge in [0.15, 0.2) is 0 Å². The van der Waals surface area contributed by atoms with Gasteiger partial charge in [-0.15, -0.1) is 0 Å². The Morgan fingerprint density at radius 3 is 2.50 bits per heavy atom. The lowest BCUT2D eigenvalue weighted by Gasteiger charge is -2.34. The quantitative estimate of drug-likeness (QED) is 0.879. The summed E-state index contributed by atoms with van der Waals surface area (Å²) in [5, 5.41) is 2.84. The number of nitrogens with one attached hydrogen (secondary N) is 1. The molecule has 2 rings (SSSR count). The Morgan fingerprint density at radius 2 is 1.92 bits per heavy atom. The summed E-state index contributed by atoms with van der Waals surface area (Å²) in [7, 11) is -0.538. The third-order valence-electron chi connectivity index (χ3n) is 4.63. The predicted molar refractivity (Wildman–Crippen MR) is 95.4 cm³/mol. The summed E-state index contributed by atoms with van der Waals surface area (Å²) < 4.78 is 25.5. The molecule has 1 heterocycles. The van der Waals surface area contributed by atoms with Crippen LogP contribution in [0, 0.1) is 5.92 Å². The van der Waals surface area contributed by atoms with Gasteiger partial charge in [0, 0.05) is 19.8 Å². The molecule has 1 aliphatic heterocycles. The van der Waals surface area contributed by atoms with Gasteiger partial charge in [0.25, 0.3) is 0 Å². The van der Waals surface area contributed by atoms with Gasteiger partial charge in [-0.2, -0.15) is 0 Å². The molecule has 0 radical (unpaired) electrons. The van der Waals surface area contributed by atoms with E-state index in [9.17, 15) is 13.2 Å². The number of piperidine rings is 1. The lowest BCUT2D eigenvalue weighted by atomic mass is 9.98. The fourth-order valence-corrected chi connectivity index (χ4v) is 3.72. The second-order valence-electron chi connectivity index (χ2n) is 6.70. The smallest absolute Gasteiger partial charge is 0.242 e. The summed E-state index contributed by atoms with van der Waals surface area (Å²) in [5.74, 6) is 0.605. The Kier molecular flexibility index (Phi) is 6.01. The van der Waals surface area contributed by atoms with E-state index in [1.54, 1.807) is 12.1 Å². The molecule has 1 saturated heterocycles. The lowest BCUT2D eigenvalue weighted by Crippen LogP contribution is -2.45. The number of sulfonamides is 1. The third-order valence-corrected chi connectivity index (χ3v) is 6.44. The predicted octanol–water partition coefficient (Wildman–Crippen LogP) is 2.00. The SMILES string of the molecule is CC1CCN([C@H](C)C(=O)Nc2cccc(S(=O)(=O)N(C)C)c2)CC1. The van der Waals surface area contributed by atoms with Crippen LogP contribution in [-0.2, 0) is 14.8 Å². The second-order valence-corrected chi connectivity index (χ2v) is 8.85. The number of carbonyl (C=O) groups excluding carboxylic acids is 1. The molecule has 1 aromatic rings. The molecule has 6 nitrogen and oxygen atoms in total. The minimum Gasteiger partial charge on any atom is -0.325 e. The molecule has 0 bridgehead atoms. The highest BCUT2D eigenvalue weighted by atomic mass is 32.2. The lowest BCUT2D eigenvalue weighted by molar-refractivity contribution is -0.121. The Bertz CT molecular complexity index is 680. The van der Waals surface area contributed by atoms with Crippen molar-refractivity contribution in [3.8, 4) is 0 Å². The van der Waals surface area contributed by atoms with Crippen molar-refractivity contribution in [2.45, 2.75) is 37.6 Å². The minimum atomic E-state index is -3.51. The van der Waals surface area contributed by atoms with Crippen molar-refractivity contribution in [3.05, 3.63) is 24.3 Å². The molecule has 1 amide bonds. The maximum atomic E-state index is 12.5. The maximum absolute atomic E-state index is 12.5. The molecule has 1 N–H and O–H groups in total. The monoisotopic (exact) mass is 353 g/mol. The van der Waals surface area contributed by atoms with Gasteiger partial charge in [-0.25, -0.2) is 12.7 Å². The summed E-state index contributed by atoms with van der Waals surface area (Å²) in [6, 6.07) is 6.14. The number of anilines is 1. The molecule has 134 valence electrons. The first-order chi connectivity index (χ1) is 11.2. The van der Waals surface area contributed by atoms with Crippen LogP contribution in [0.3, 0.4) is 0 Å². The average Bonchev–Trinajstić information content (AvgIpc) is 2.55. The molecular weight excluding hydrogens is 326 g/mol. The summed E-state index contributed by atoms with van der Waals surface area (Å²) in [6.45, 7) is 5.97. The number of nitrogens with zero attached hydrogens (tertiary/aromatic N) is 2. The first-order valence-electron chi connectivity index (χ1n) is 8.29. The van der Waals surface area contributed by atoms with Gasteiger partial charge in [0.05, 0.1) is 10.9 Å². The Labute approximate surface area is 144 Å². The van der Waals surface area contributed by atoms with Crippen molar-refractivity contribution >= 4 is 21.6 Å². The molecule has 1 fully saturated rings. The number of carbonyl (C=O) groups is 1. The highest BCUT2D eigenvalue weighted by Crippen LogP contribution is 2.20. The molecule has 7 heteroatoms. The standard InChI is InChI=1S/C17H27N3O3S/c1-13-8-10-20(11-9-13)14(2)17(21)18-15-6-5-7-16(12-15)24(22,23)19(3)4/h5-7,12-14H,8-11H2,1-4H3,(H,18,21)/t14-/m1/s1. The average molecular weight is 353 g/mol. The van der Waals surface area contributed by atoms with Gasteiger partial charge >= 0.3 is 0 Å². The normalized spacial score (nSPS) is 18.5. The zero-order chi connectivity index (χ0) is 17.9. The van der Waals surface area contributed by atoms with Crippen LogP contribution in [0.15, 0.2) is 29.2 Å². The number of hydrogen-bond donors (Lipinski definition) is 1. The molecule has 0 unspecified atom stereocenters. The third kappa shape index (κ3) is 4.34. The molecule has 24 heavy (non-hydrogen) atoms. The van der Waals surface area contributed by atoms with Crippen molar-refractivity contribution in [3.63, 3.8) is 0 Å². The molecule has 1 aliphatic rings. The van der Waals surface area contributed by atoms with Crippen LogP contribution < -0.4 is 5.32 Å². The van der Waals surface area contributed by atoms with E-state index in [0.717, 1.165) is 30.2 Å². The first-order valence-corrected chi connectivity index (χ1v) is 9.73. The second kappa shape index (κ2) is 7.63.